The van der Waals surface area contributed by atoms with E-state index in [9.17, 15) is 0 Å². The Kier molecular flexibility index (Phi) is 3.10. The molecule has 0 spiro atoms. The van der Waals surface area contributed by atoms with Gasteiger partial charge in [-0.15, -0.1) is 0 Å². The topological polar surface area (TPSA) is 68.2 Å². The van der Waals surface area contributed by atoms with Crippen LogP contribution in [0.3, 0.4) is 0 Å². The molecule has 0 aliphatic rings. The Morgan fingerprint density at radius 3 is 2.35 bits per heavy atom. The van der Waals surface area contributed by atoms with Crippen molar-refractivity contribution in [1.29, 1.82) is 0 Å². The van der Waals surface area contributed by atoms with Crippen LogP contribution in [-0.2, 0) is 0 Å². The zero-order chi connectivity index (χ0) is 12.4. The van der Waals surface area contributed by atoms with Crippen LogP contribution in [0.1, 0.15) is 18.9 Å². The maximum absolute atomic E-state index is 5.67. The Morgan fingerprint density at radius 2 is 1.88 bits per heavy atom. The molecule has 0 aliphatic carbocycles. The monoisotopic (exact) mass is 232 g/mol. The number of aromatic nitrogens is 2. The zero-order valence-corrected chi connectivity index (χ0v) is 10.2. The van der Waals surface area contributed by atoms with E-state index < -0.39 is 0 Å². The third-order valence-electron chi connectivity index (χ3n) is 2.47. The van der Waals surface area contributed by atoms with E-state index in [2.05, 4.69) is 10.1 Å². The highest BCUT2D eigenvalue weighted by Crippen LogP contribution is 2.20. The number of hydrogen-bond donors (Lipinski definition) is 1. The molecule has 1 heterocycles. The molecule has 0 bridgehead atoms. The van der Waals surface area contributed by atoms with Crippen molar-refractivity contribution in [2.45, 2.75) is 13.0 Å². The second-order valence-corrected chi connectivity index (χ2v) is 4.19. The Hall–Kier alpha value is -1.88. The molecule has 0 fully saturated rings. The standard InChI is InChI=1S/C12H16N4O/c1-8(13)12-14-11(15-17-12)9-4-6-10(7-5-9)16(2)3/h4-8H,13H2,1-3H3. The van der Waals surface area contributed by atoms with E-state index in [-0.39, 0.29) is 6.04 Å². The highest BCUT2D eigenvalue weighted by Gasteiger charge is 2.11. The van der Waals surface area contributed by atoms with Crippen LogP contribution in [0, 0.1) is 0 Å². The average molecular weight is 232 g/mol. The number of nitrogens with zero attached hydrogens (tertiary/aromatic N) is 3. The van der Waals surface area contributed by atoms with Gasteiger partial charge in [0.2, 0.25) is 11.7 Å². The van der Waals surface area contributed by atoms with Crippen molar-refractivity contribution in [1.82, 2.24) is 10.1 Å². The third-order valence-corrected chi connectivity index (χ3v) is 2.47. The van der Waals surface area contributed by atoms with Crippen LogP contribution >= 0.6 is 0 Å². The summed E-state index contributed by atoms with van der Waals surface area (Å²) in [6.07, 6.45) is 0. The first-order valence-electron chi connectivity index (χ1n) is 5.45. The summed E-state index contributed by atoms with van der Waals surface area (Å²) in [7, 11) is 4.00. The minimum Gasteiger partial charge on any atom is -0.378 e. The van der Waals surface area contributed by atoms with Crippen LogP contribution in [-0.4, -0.2) is 24.2 Å². The molecule has 2 rings (SSSR count). The third kappa shape index (κ3) is 2.45. The number of hydrogen-bond acceptors (Lipinski definition) is 5. The van der Waals surface area contributed by atoms with Gasteiger partial charge in [-0.05, 0) is 31.2 Å². The van der Waals surface area contributed by atoms with Crippen molar-refractivity contribution in [2.24, 2.45) is 5.73 Å². The molecule has 0 amide bonds. The second-order valence-electron chi connectivity index (χ2n) is 4.19. The van der Waals surface area contributed by atoms with Gasteiger partial charge in [-0.3, -0.25) is 0 Å². The molecule has 0 saturated heterocycles. The van der Waals surface area contributed by atoms with Gasteiger partial charge >= 0.3 is 0 Å². The van der Waals surface area contributed by atoms with E-state index in [1.807, 2.05) is 50.2 Å². The van der Waals surface area contributed by atoms with Crippen LogP contribution in [0.4, 0.5) is 5.69 Å². The fraction of sp³-hybridized carbons (Fsp3) is 0.333. The van der Waals surface area contributed by atoms with Gasteiger partial charge in [0, 0.05) is 25.3 Å². The molecule has 0 saturated carbocycles. The summed E-state index contributed by atoms with van der Waals surface area (Å²) in [5.41, 5.74) is 7.72. The predicted octanol–water partition coefficient (Wildman–Crippen LogP) is 1.82. The van der Waals surface area contributed by atoms with Gasteiger partial charge in [0.05, 0.1) is 6.04 Å². The summed E-state index contributed by atoms with van der Waals surface area (Å²) >= 11 is 0. The molecule has 0 aliphatic heterocycles. The first kappa shape index (κ1) is 11.6. The molecule has 90 valence electrons. The lowest BCUT2D eigenvalue weighted by Gasteiger charge is -2.11. The van der Waals surface area contributed by atoms with Crippen LogP contribution in [0.2, 0.25) is 0 Å². The number of nitrogens with two attached hydrogens (primary N) is 1. The van der Waals surface area contributed by atoms with Gasteiger partial charge in [-0.2, -0.15) is 4.98 Å². The first-order chi connectivity index (χ1) is 8.08. The number of anilines is 1. The van der Waals surface area contributed by atoms with Crippen LogP contribution < -0.4 is 10.6 Å². The van der Waals surface area contributed by atoms with Gasteiger partial charge in [-0.25, -0.2) is 0 Å². The number of benzene rings is 1. The van der Waals surface area contributed by atoms with E-state index in [0.717, 1.165) is 11.3 Å². The molecule has 1 aromatic heterocycles. The molecule has 5 heteroatoms. The normalized spacial score (nSPS) is 12.5. The molecule has 5 nitrogen and oxygen atoms in total. The Bertz CT molecular complexity index is 487. The van der Waals surface area contributed by atoms with Crippen molar-refractivity contribution in [3.8, 4) is 11.4 Å². The van der Waals surface area contributed by atoms with E-state index in [1.54, 1.807) is 0 Å². The Morgan fingerprint density at radius 1 is 1.24 bits per heavy atom. The molecule has 2 aromatic rings. The Labute approximate surface area is 100 Å². The highest BCUT2D eigenvalue weighted by molar-refractivity contribution is 5.59. The van der Waals surface area contributed by atoms with Crippen LogP contribution in [0.5, 0.6) is 0 Å². The summed E-state index contributed by atoms with van der Waals surface area (Å²) in [5, 5.41) is 3.90. The van der Waals surface area contributed by atoms with Gasteiger partial charge in [0.1, 0.15) is 0 Å². The maximum atomic E-state index is 5.67. The molecule has 1 atom stereocenters. The summed E-state index contributed by atoms with van der Waals surface area (Å²) in [6.45, 7) is 1.81. The van der Waals surface area contributed by atoms with E-state index in [1.165, 1.54) is 0 Å². The zero-order valence-electron chi connectivity index (χ0n) is 10.2. The fourth-order valence-electron chi connectivity index (χ4n) is 1.45. The minimum atomic E-state index is -0.239. The summed E-state index contributed by atoms with van der Waals surface area (Å²) < 4.78 is 5.06. The van der Waals surface area contributed by atoms with Gasteiger partial charge in [-0.1, -0.05) is 5.16 Å². The Balaban J connectivity index is 2.27. The van der Waals surface area contributed by atoms with Crippen molar-refractivity contribution < 1.29 is 4.52 Å². The van der Waals surface area contributed by atoms with E-state index >= 15 is 0 Å². The summed E-state index contributed by atoms with van der Waals surface area (Å²) in [5.74, 6) is 1.03. The molecule has 2 N–H and O–H groups in total. The van der Waals surface area contributed by atoms with E-state index in [0.29, 0.717) is 11.7 Å². The maximum Gasteiger partial charge on any atom is 0.243 e. The lowest BCUT2D eigenvalue weighted by Crippen LogP contribution is -2.08. The quantitative estimate of drug-likeness (QED) is 0.874. The highest BCUT2D eigenvalue weighted by atomic mass is 16.5. The lowest BCUT2D eigenvalue weighted by molar-refractivity contribution is 0.362. The lowest BCUT2D eigenvalue weighted by atomic mass is 10.2. The van der Waals surface area contributed by atoms with Crippen molar-refractivity contribution in [2.75, 3.05) is 19.0 Å². The predicted molar refractivity (Wildman–Crippen MR) is 66.7 cm³/mol. The minimum absolute atomic E-state index is 0.239. The molecule has 1 unspecified atom stereocenters. The van der Waals surface area contributed by atoms with Gasteiger partial charge < -0.3 is 15.2 Å². The first-order valence-corrected chi connectivity index (χ1v) is 5.45. The fourth-order valence-corrected chi connectivity index (χ4v) is 1.45. The average Bonchev–Trinajstić information content (AvgIpc) is 2.78. The molecule has 17 heavy (non-hydrogen) atoms. The molecular weight excluding hydrogens is 216 g/mol. The van der Waals surface area contributed by atoms with Gasteiger partial charge in [0.15, 0.2) is 0 Å². The largest absolute Gasteiger partial charge is 0.378 e. The SMILES string of the molecule is CC(N)c1nc(-c2ccc(N(C)C)cc2)no1. The van der Waals surface area contributed by atoms with E-state index in [4.69, 9.17) is 10.3 Å². The summed E-state index contributed by atoms with van der Waals surface area (Å²) in [6, 6.07) is 7.71. The van der Waals surface area contributed by atoms with Crippen LogP contribution in [0.15, 0.2) is 28.8 Å². The van der Waals surface area contributed by atoms with Crippen molar-refractivity contribution in [3.05, 3.63) is 30.2 Å². The molecular formula is C12H16N4O. The van der Waals surface area contributed by atoms with Crippen LogP contribution in [0.25, 0.3) is 11.4 Å². The molecule has 0 radical (unpaired) electrons. The smallest absolute Gasteiger partial charge is 0.243 e. The number of rotatable bonds is 3. The van der Waals surface area contributed by atoms with Gasteiger partial charge in [0.25, 0.3) is 0 Å². The van der Waals surface area contributed by atoms with Crippen molar-refractivity contribution >= 4 is 5.69 Å². The molecule has 1 aromatic carbocycles. The summed E-state index contributed by atoms with van der Waals surface area (Å²) in [4.78, 5) is 6.27. The van der Waals surface area contributed by atoms with Crippen molar-refractivity contribution in [3.63, 3.8) is 0 Å². The second kappa shape index (κ2) is 4.55.